The molecular weight excluding hydrogens is 191 g/mol. The highest BCUT2D eigenvalue weighted by Gasteiger charge is 1.82. The standard InChI is InChI=1S/C10H12Cl2/c11-9-7-5-3-1-2-4-6-8-10-12/h1-4,9-10H2. The van der Waals surface area contributed by atoms with Gasteiger partial charge in [0.15, 0.2) is 0 Å². The van der Waals surface area contributed by atoms with Crippen LogP contribution in [-0.4, -0.2) is 11.8 Å². The average Bonchev–Trinajstić information content (AvgIpc) is 2.10. The molecule has 0 bridgehead atoms. The highest BCUT2D eigenvalue weighted by Crippen LogP contribution is 1.97. The van der Waals surface area contributed by atoms with E-state index < -0.39 is 0 Å². The van der Waals surface area contributed by atoms with E-state index in [9.17, 15) is 0 Å². The minimum atomic E-state index is 0.437. The minimum Gasteiger partial charge on any atom is -0.113 e. The van der Waals surface area contributed by atoms with Crippen molar-refractivity contribution < 1.29 is 0 Å². The molecule has 0 nitrogen and oxygen atoms in total. The van der Waals surface area contributed by atoms with Crippen LogP contribution in [0.15, 0.2) is 0 Å². The maximum Gasteiger partial charge on any atom is 0.0835 e. The van der Waals surface area contributed by atoms with Gasteiger partial charge in [-0.15, -0.1) is 35.0 Å². The number of unbranched alkanes of at least 4 members (excludes halogenated alkanes) is 3. The van der Waals surface area contributed by atoms with Crippen LogP contribution in [0.4, 0.5) is 0 Å². The van der Waals surface area contributed by atoms with Crippen molar-refractivity contribution in [3.63, 3.8) is 0 Å². The molecule has 0 spiro atoms. The summed E-state index contributed by atoms with van der Waals surface area (Å²) in [6, 6.07) is 0. The first-order valence-electron chi connectivity index (χ1n) is 3.95. The van der Waals surface area contributed by atoms with Crippen molar-refractivity contribution in [3.8, 4) is 23.7 Å². The van der Waals surface area contributed by atoms with Crippen molar-refractivity contribution in [2.75, 3.05) is 11.8 Å². The zero-order valence-electron chi connectivity index (χ0n) is 7.00. The van der Waals surface area contributed by atoms with Gasteiger partial charge in [0.25, 0.3) is 0 Å². The van der Waals surface area contributed by atoms with Crippen molar-refractivity contribution in [1.82, 2.24) is 0 Å². The Labute approximate surface area is 84.6 Å². The van der Waals surface area contributed by atoms with E-state index in [1.165, 1.54) is 0 Å². The van der Waals surface area contributed by atoms with E-state index in [4.69, 9.17) is 23.2 Å². The van der Waals surface area contributed by atoms with Gasteiger partial charge in [-0.05, 0) is 12.8 Å². The first-order chi connectivity index (χ1) is 5.91. The zero-order chi connectivity index (χ0) is 9.07. The molecule has 0 radical (unpaired) electrons. The maximum atomic E-state index is 5.37. The third-order valence-electron chi connectivity index (χ3n) is 1.24. The van der Waals surface area contributed by atoms with Crippen LogP contribution in [0.5, 0.6) is 0 Å². The maximum absolute atomic E-state index is 5.37. The largest absolute Gasteiger partial charge is 0.113 e. The Morgan fingerprint density at radius 3 is 1.42 bits per heavy atom. The number of hydrogen-bond acceptors (Lipinski definition) is 0. The molecular formula is C10H12Cl2. The van der Waals surface area contributed by atoms with Gasteiger partial charge in [0.2, 0.25) is 0 Å². The van der Waals surface area contributed by atoms with Gasteiger partial charge >= 0.3 is 0 Å². The number of alkyl halides is 2. The van der Waals surface area contributed by atoms with Crippen LogP contribution in [0.2, 0.25) is 0 Å². The lowest BCUT2D eigenvalue weighted by Crippen LogP contribution is -1.74. The molecule has 0 unspecified atom stereocenters. The van der Waals surface area contributed by atoms with Crippen molar-refractivity contribution in [3.05, 3.63) is 0 Å². The summed E-state index contributed by atoms with van der Waals surface area (Å²) in [5.41, 5.74) is 0. The van der Waals surface area contributed by atoms with Gasteiger partial charge in [-0.2, -0.15) is 0 Å². The van der Waals surface area contributed by atoms with Gasteiger partial charge in [-0.25, -0.2) is 0 Å². The predicted octanol–water partition coefficient (Wildman–Crippen LogP) is 3.03. The van der Waals surface area contributed by atoms with Crippen LogP contribution < -0.4 is 0 Å². The van der Waals surface area contributed by atoms with E-state index >= 15 is 0 Å². The summed E-state index contributed by atoms with van der Waals surface area (Å²) in [5, 5.41) is 0. The van der Waals surface area contributed by atoms with Crippen LogP contribution in [0.1, 0.15) is 25.7 Å². The minimum absolute atomic E-state index is 0.437. The molecule has 0 rings (SSSR count). The van der Waals surface area contributed by atoms with Gasteiger partial charge < -0.3 is 0 Å². The number of halogens is 2. The molecule has 0 saturated heterocycles. The molecule has 0 fully saturated rings. The first kappa shape index (κ1) is 11.7. The summed E-state index contributed by atoms with van der Waals surface area (Å²) in [4.78, 5) is 0. The second kappa shape index (κ2) is 10.7. The Kier molecular flexibility index (Phi) is 10.4. The Morgan fingerprint density at radius 2 is 1.08 bits per heavy atom. The fraction of sp³-hybridized carbons (Fsp3) is 0.600. The molecule has 0 aliphatic carbocycles. The molecule has 0 amide bonds. The van der Waals surface area contributed by atoms with E-state index in [-0.39, 0.29) is 0 Å². The molecule has 0 N–H and O–H groups in total. The Balaban J connectivity index is 3.11. The molecule has 0 aliphatic heterocycles. The summed E-state index contributed by atoms with van der Waals surface area (Å²) < 4.78 is 0. The number of rotatable bonds is 3. The Morgan fingerprint density at radius 1 is 0.667 bits per heavy atom. The summed E-state index contributed by atoms with van der Waals surface area (Å²) in [5.74, 6) is 12.4. The lowest BCUT2D eigenvalue weighted by molar-refractivity contribution is 0.782. The molecule has 0 aromatic heterocycles. The van der Waals surface area contributed by atoms with Crippen molar-refractivity contribution >= 4 is 23.2 Å². The highest BCUT2D eigenvalue weighted by atomic mass is 35.5. The molecule has 2 heteroatoms. The third-order valence-corrected chi connectivity index (χ3v) is 1.50. The summed E-state index contributed by atoms with van der Waals surface area (Å²) >= 11 is 10.7. The first-order valence-corrected chi connectivity index (χ1v) is 5.02. The van der Waals surface area contributed by atoms with Crippen LogP contribution >= 0.6 is 23.2 Å². The van der Waals surface area contributed by atoms with Crippen molar-refractivity contribution in [2.45, 2.75) is 25.7 Å². The number of hydrogen-bond donors (Lipinski definition) is 0. The molecule has 0 saturated carbocycles. The van der Waals surface area contributed by atoms with Crippen LogP contribution in [0.25, 0.3) is 0 Å². The van der Waals surface area contributed by atoms with Gasteiger partial charge in [-0.1, -0.05) is 11.8 Å². The molecule has 0 aliphatic rings. The molecule has 0 aromatic rings. The lowest BCUT2D eigenvalue weighted by Gasteiger charge is -1.87. The molecule has 0 atom stereocenters. The highest BCUT2D eigenvalue weighted by molar-refractivity contribution is 6.19. The molecule has 66 valence electrons. The smallest absolute Gasteiger partial charge is 0.0835 e. The van der Waals surface area contributed by atoms with E-state index in [0.29, 0.717) is 11.8 Å². The quantitative estimate of drug-likeness (QED) is 0.375. The van der Waals surface area contributed by atoms with Gasteiger partial charge in [0.05, 0.1) is 11.8 Å². The summed E-state index contributed by atoms with van der Waals surface area (Å²) in [7, 11) is 0. The Hall–Kier alpha value is -0.300. The van der Waals surface area contributed by atoms with E-state index in [1.807, 2.05) is 0 Å². The third kappa shape index (κ3) is 9.70. The van der Waals surface area contributed by atoms with Crippen LogP contribution in [-0.2, 0) is 0 Å². The predicted molar refractivity (Wildman–Crippen MR) is 55.5 cm³/mol. The fourth-order valence-corrected chi connectivity index (χ4v) is 0.887. The average molecular weight is 203 g/mol. The van der Waals surface area contributed by atoms with Gasteiger partial charge in [0.1, 0.15) is 0 Å². The van der Waals surface area contributed by atoms with Crippen molar-refractivity contribution in [1.29, 1.82) is 0 Å². The normalized spacial score (nSPS) is 7.83. The zero-order valence-corrected chi connectivity index (χ0v) is 8.51. The monoisotopic (exact) mass is 202 g/mol. The van der Waals surface area contributed by atoms with E-state index in [2.05, 4.69) is 23.7 Å². The van der Waals surface area contributed by atoms with Crippen molar-refractivity contribution in [2.24, 2.45) is 0 Å². The second-order valence-corrected chi connectivity index (χ2v) is 2.72. The second-order valence-electron chi connectivity index (χ2n) is 2.18. The van der Waals surface area contributed by atoms with Crippen LogP contribution in [0, 0.1) is 23.7 Å². The van der Waals surface area contributed by atoms with Gasteiger partial charge in [-0.3, -0.25) is 0 Å². The Bertz CT molecular complexity index is 175. The van der Waals surface area contributed by atoms with Gasteiger partial charge in [0, 0.05) is 12.8 Å². The molecule has 0 heterocycles. The fourth-order valence-electron chi connectivity index (χ4n) is 0.698. The summed E-state index contributed by atoms with van der Waals surface area (Å²) in [6.07, 6.45) is 4.05. The SMILES string of the molecule is ClCC#CCCCCC#CCCl. The van der Waals surface area contributed by atoms with E-state index in [0.717, 1.165) is 25.7 Å². The summed E-state index contributed by atoms with van der Waals surface area (Å²) in [6.45, 7) is 0. The van der Waals surface area contributed by atoms with E-state index in [1.54, 1.807) is 0 Å². The molecule has 0 aromatic carbocycles. The topological polar surface area (TPSA) is 0 Å². The lowest BCUT2D eigenvalue weighted by atomic mass is 10.2. The molecule has 12 heavy (non-hydrogen) atoms. The van der Waals surface area contributed by atoms with Crippen LogP contribution in [0.3, 0.4) is 0 Å².